The Morgan fingerprint density at radius 1 is 1.46 bits per heavy atom. The molecule has 0 saturated heterocycles. The van der Waals surface area contributed by atoms with Gasteiger partial charge in [0, 0.05) is 6.42 Å². The highest BCUT2D eigenvalue weighted by atomic mass is 35.5. The number of hydrogen-bond acceptors (Lipinski definition) is 4. The fourth-order valence-corrected chi connectivity index (χ4v) is 0.662. The number of esters is 2. The fraction of sp³-hybridized carbons (Fsp3) is 0.750. The van der Waals surface area contributed by atoms with Crippen molar-refractivity contribution in [2.24, 2.45) is 0 Å². The average molecular weight is 209 g/mol. The molecule has 0 spiro atoms. The van der Waals surface area contributed by atoms with E-state index in [1.54, 1.807) is 6.92 Å². The maximum absolute atomic E-state index is 11.0. The summed E-state index contributed by atoms with van der Waals surface area (Å²) in [6, 6.07) is 0. The summed E-state index contributed by atoms with van der Waals surface area (Å²) in [6.45, 7) is 3.25. The lowest BCUT2D eigenvalue weighted by Gasteiger charge is -2.10. The lowest BCUT2D eigenvalue weighted by molar-refractivity contribution is -0.166. The van der Waals surface area contributed by atoms with Crippen LogP contribution in [0.3, 0.4) is 0 Å². The first kappa shape index (κ1) is 12.2. The van der Waals surface area contributed by atoms with Crippen LogP contribution in [0.15, 0.2) is 0 Å². The third-order valence-electron chi connectivity index (χ3n) is 1.25. The number of halogens is 1. The van der Waals surface area contributed by atoms with E-state index in [0.29, 0.717) is 0 Å². The van der Waals surface area contributed by atoms with Crippen molar-refractivity contribution in [3.63, 3.8) is 0 Å². The largest absolute Gasteiger partial charge is 0.462 e. The monoisotopic (exact) mass is 208 g/mol. The molecule has 1 atom stereocenters. The third kappa shape index (κ3) is 5.47. The third-order valence-corrected chi connectivity index (χ3v) is 1.40. The lowest BCUT2D eigenvalue weighted by Crippen LogP contribution is -2.26. The molecule has 0 rings (SSSR count). The van der Waals surface area contributed by atoms with Crippen molar-refractivity contribution in [2.45, 2.75) is 26.4 Å². The minimum atomic E-state index is -0.851. The predicted molar refractivity (Wildman–Crippen MR) is 47.5 cm³/mol. The van der Waals surface area contributed by atoms with Gasteiger partial charge in [0.25, 0.3) is 0 Å². The Morgan fingerprint density at radius 3 is 2.54 bits per heavy atom. The van der Waals surface area contributed by atoms with Crippen molar-refractivity contribution in [2.75, 3.05) is 12.5 Å². The Balaban J connectivity index is 3.75. The molecule has 13 heavy (non-hydrogen) atoms. The molecule has 4 nitrogen and oxygen atoms in total. The van der Waals surface area contributed by atoms with Crippen LogP contribution in [0.5, 0.6) is 0 Å². The number of rotatable bonds is 5. The molecule has 0 N–H and O–H groups in total. The highest BCUT2D eigenvalue weighted by Gasteiger charge is 2.17. The van der Waals surface area contributed by atoms with Crippen LogP contribution in [0.4, 0.5) is 0 Å². The molecule has 1 unspecified atom stereocenters. The minimum Gasteiger partial charge on any atom is -0.462 e. The van der Waals surface area contributed by atoms with Crippen molar-refractivity contribution in [3.8, 4) is 0 Å². The van der Waals surface area contributed by atoms with Crippen LogP contribution in [-0.2, 0) is 19.1 Å². The normalized spacial score (nSPS) is 11.9. The molecule has 0 aromatic carbocycles. The Labute approximate surface area is 82.1 Å². The molecule has 0 aliphatic rings. The van der Waals surface area contributed by atoms with Gasteiger partial charge >= 0.3 is 11.9 Å². The van der Waals surface area contributed by atoms with Crippen molar-refractivity contribution in [3.05, 3.63) is 0 Å². The van der Waals surface area contributed by atoms with Crippen LogP contribution >= 0.6 is 11.6 Å². The maximum atomic E-state index is 11.0. The second kappa shape index (κ2) is 6.71. The van der Waals surface area contributed by atoms with Gasteiger partial charge in [0.15, 0.2) is 6.10 Å². The van der Waals surface area contributed by atoms with Crippen LogP contribution in [0.2, 0.25) is 0 Å². The SMILES string of the molecule is CCC(=O)OC(C)C(=O)OCCCl. The summed E-state index contributed by atoms with van der Waals surface area (Å²) in [5.41, 5.74) is 0. The summed E-state index contributed by atoms with van der Waals surface area (Å²) in [7, 11) is 0. The first-order valence-corrected chi connectivity index (χ1v) is 4.57. The molecule has 0 bridgehead atoms. The molecular formula is C8H13ClO4. The molecule has 0 saturated carbocycles. The molecule has 0 aliphatic heterocycles. The van der Waals surface area contributed by atoms with Gasteiger partial charge in [-0.3, -0.25) is 4.79 Å². The van der Waals surface area contributed by atoms with Crippen molar-refractivity contribution < 1.29 is 19.1 Å². The van der Waals surface area contributed by atoms with Crippen molar-refractivity contribution >= 4 is 23.5 Å². The van der Waals surface area contributed by atoms with Gasteiger partial charge in [0.2, 0.25) is 0 Å². The Hall–Kier alpha value is -0.770. The topological polar surface area (TPSA) is 52.6 Å². The zero-order valence-corrected chi connectivity index (χ0v) is 8.47. The number of ether oxygens (including phenoxy) is 2. The summed E-state index contributed by atoms with van der Waals surface area (Å²) >= 11 is 5.30. The van der Waals surface area contributed by atoms with E-state index >= 15 is 0 Å². The number of carbonyl (C=O) groups excluding carboxylic acids is 2. The predicted octanol–water partition coefficient (Wildman–Crippen LogP) is 1.11. The van der Waals surface area contributed by atoms with E-state index in [9.17, 15) is 9.59 Å². The zero-order valence-electron chi connectivity index (χ0n) is 7.71. The van der Waals surface area contributed by atoms with Crippen LogP contribution in [0, 0.1) is 0 Å². The van der Waals surface area contributed by atoms with E-state index < -0.39 is 18.0 Å². The van der Waals surface area contributed by atoms with E-state index in [0.717, 1.165) is 0 Å². The first-order chi connectivity index (χ1) is 6.11. The average Bonchev–Trinajstić information content (AvgIpc) is 2.13. The quantitative estimate of drug-likeness (QED) is 0.502. The summed E-state index contributed by atoms with van der Waals surface area (Å²) in [5, 5.41) is 0. The van der Waals surface area contributed by atoms with E-state index in [2.05, 4.69) is 4.74 Å². The van der Waals surface area contributed by atoms with E-state index in [1.807, 2.05) is 0 Å². The second-order valence-corrected chi connectivity index (χ2v) is 2.72. The minimum absolute atomic E-state index is 0.133. The Bertz CT molecular complexity index is 181. The summed E-state index contributed by atoms with van der Waals surface area (Å²) in [4.78, 5) is 21.7. The molecule has 0 amide bonds. The molecule has 0 aromatic rings. The smallest absolute Gasteiger partial charge is 0.347 e. The van der Waals surface area contributed by atoms with Crippen molar-refractivity contribution in [1.29, 1.82) is 0 Å². The van der Waals surface area contributed by atoms with E-state index in [4.69, 9.17) is 16.3 Å². The van der Waals surface area contributed by atoms with Gasteiger partial charge < -0.3 is 9.47 Å². The van der Waals surface area contributed by atoms with Crippen LogP contribution in [-0.4, -0.2) is 30.5 Å². The van der Waals surface area contributed by atoms with Gasteiger partial charge in [-0.25, -0.2) is 4.79 Å². The van der Waals surface area contributed by atoms with Crippen LogP contribution < -0.4 is 0 Å². The van der Waals surface area contributed by atoms with Gasteiger partial charge in [-0.05, 0) is 6.92 Å². The van der Waals surface area contributed by atoms with Gasteiger partial charge in [-0.1, -0.05) is 6.92 Å². The Kier molecular flexibility index (Phi) is 6.32. The molecule has 0 aliphatic carbocycles. The molecule has 0 radical (unpaired) electrons. The summed E-state index contributed by atoms with van der Waals surface area (Å²) in [5.74, 6) is -0.752. The number of carbonyl (C=O) groups is 2. The Morgan fingerprint density at radius 2 is 2.08 bits per heavy atom. The summed E-state index contributed by atoms with van der Waals surface area (Å²) < 4.78 is 9.35. The lowest BCUT2D eigenvalue weighted by atomic mass is 10.4. The van der Waals surface area contributed by atoms with Gasteiger partial charge in [0.05, 0.1) is 5.88 Å². The maximum Gasteiger partial charge on any atom is 0.347 e. The zero-order chi connectivity index (χ0) is 10.3. The summed E-state index contributed by atoms with van der Waals surface area (Å²) in [6.07, 6.45) is -0.608. The van der Waals surface area contributed by atoms with Crippen LogP contribution in [0.25, 0.3) is 0 Å². The fourth-order valence-electron chi connectivity index (χ4n) is 0.585. The molecule has 0 heterocycles. The highest BCUT2D eigenvalue weighted by molar-refractivity contribution is 6.18. The second-order valence-electron chi connectivity index (χ2n) is 2.34. The molecular weight excluding hydrogens is 196 g/mol. The van der Waals surface area contributed by atoms with Gasteiger partial charge in [-0.2, -0.15) is 0 Å². The molecule has 0 aromatic heterocycles. The van der Waals surface area contributed by atoms with E-state index in [-0.39, 0.29) is 18.9 Å². The van der Waals surface area contributed by atoms with E-state index in [1.165, 1.54) is 6.92 Å². The van der Waals surface area contributed by atoms with Crippen LogP contribution in [0.1, 0.15) is 20.3 Å². The van der Waals surface area contributed by atoms with Gasteiger partial charge in [0.1, 0.15) is 6.61 Å². The van der Waals surface area contributed by atoms with Crippen molar-refractivity contribution in [1.82, 2.24) is 0 Å². The highest BCUT2D eigenvalue weighted by Crippen LogP contribution is 1.97. The number of alkyl halides is 1. The first-order valence-electron chi connectivity index (χ1n) is 4.03. The number of hydrogen-bond donors (Lipinski definition) is 0. The molecule has 0 fully saturated rings. The molecule has 76 valence electrons. The molecule has 5 heteroatoms. The standard InChI is InChI=1S/C8H13ClO4/c1-3-7(10)13-6(2)8(11)12-5-4-9/h6H,3-5H2,1-2H3. The van der Waals surface area contributed by atoms with Gasteiger partial charge in [-0.15, -0.1) is 11.6 Å².